The molecule has 0 N–H and O–H groups in total. The highest BCUT2D eigenvalue weighted by Gasteiger charge is 2.34. The van der Waals surface area contributed by atoms with E-state index in [4.69, 9.17) is 9.72 Å². The van der Waals surface area contributed by atoms with E-state index in [1.807, 2.05) is 32.2 Å². The molecule has 0 spiro atoms. The molecule has 21 heavy (non-hydrogen) atoms. The Bertz CT molecular complexity index is 638. The molecule has 0 saturated heterocycles. The molecule has 0 aliphatic heterocycles. The van der Waals surface area contributed by atoms with Gasteiger partial charge in [0, 0.05) is 10.9 Å². The summed E-state index contributed by atoms with van der Waals surface area (Å²) in [6.07, 6.45) is 0. The predicted octanol–water partition coefficient (Wildman–Crippen LogP) is 4.27. The fourth-order valence-corrected chi connectivity index (χ4v) is 3.40. The molecule has 0 aliphatic rings. The standard InChI is InChI=1S/C17H21NO2S/c1-6-20-16(19)17(4,5)13-10-21-15(18-13)14-11(2)8-7-9-12(14)3/h7-10H,6H2,1-5H3. The van der Waals surface area contributed by atoms with Gasteiger partial charge in [0.1, 0.15) is 10.4 Å². The Morgan fingerprint density at radius 1 is 1.29 bits per heavy atom. The van der Waals surface area contributed by atoms with Crippen LogP contribution in [0, 0.1) is 13.8 Å². The normalized spacial score (nSPS) is 11.5. The van der Waals surface area contributed by atoms with Crippen molar-refractivity contribution in [1.82, 2.24) is 4.98 Å². The first-order valence-electron chi connectivity index (χ1n) is 7.07. The molecule has 0 unspecified atom stereocenters. The van der Waals surface area contributed by atoms with Gasteiger partial charge in [0.15, 0.2) is 0 Å². The summed E-state index contributed by atoms with van der Waals surface area (Å²) in [6, 6.07) is 6.21. The number of ether oxygens (including phenoxy) is 1. The Morgan fingerprint density at radius 3 is 2.48 bits per heavy atom. The van der Waals surface area contributed by atoms with E-state index in [1.165, 1.54) is 11.1 Å². The zero-order chi connectivity index (χ0) is 15.6. The van der Waals surface area contributed by atoms with E-state index < -0.39 is 5.41 Å². The van der Waals surface area contributed by atoms with Crippen LogP contribution in [0.2, 0.25) is 0 Å². The number of thiazole rings is 1. The van der Waals surface area contributed by atoms with Gasteiger partial charge < -0.3 is 4.74 Å². The van der Waals surface area contributed by atoms with Gasteiger partial charge in [0.05, 0.1) is 12.3 Å². The number of hydrogen-bond donors (Lipinski definition) is 0. The van der Waals surface area contributed by atoms with Gasteiger partial charge in [-0.15, -0.1) is 11.3 Å². The zero-order valence-electron chi connectivity index (χ0n) is 13.2. The van der Waals surface area contributed by atoms with Crippen LogP contribution < -0.4 is 0 Å². The third kappa shape index (κ3) is 3.00. The summed E-state index contributed by atoms with van der Waals surface area (Å²) in [4.78, 5) is 16.8. The summed E-state index contributed by atoms with van der Waals surface area (Å²) in [6.45, 7) is 10.1. The van der Waals surface area contributed by atoms with Crippen LogP contribution in [-0.2, 0) is 14.9 Å². The third-order valence-electron chi connectivity index (χ3n) is 3.63. The van der Waals surface area contributed by atoms with Gasteiger partial charge in [-0.3, -0.25) is 4.79 Å². The van der Waals surface area contributed by atoms with Crippen molar-refractivity contribution in [2.75, 3.05) is 6.61 Å². The monoisotopic (exact) mass is 303 g/mol. The number of benzene rings is 1. The first kappa shape index (κ1) is 15.7. The Morgan fingerprint density at radius 2 is 1.90 bits per heavy atom. The van der Waals surface area contributed by atoms with E-state index in [0.717, 1.165) is 16.3 Å². The van der Waals surface area contributed by atoms with Crippen molar-refractivity contribution in [3.63, 3.8) is 0 Å². The largest absolute Gasteiger partial charge is 0.465 e. The second-order valence-corrected chi connectivity index (χ2v) is 6.51. The van der Waals surface area contributed by atoms with Gasteiger partial charge in [-0.1, -0.05) is 18.2 Å². The minimum atomic E-state index is -0.721. The highest BCUT2D eigenvalue weighted by atomic mass is 32.1. The molecule has 1 heterocycles. The molecule has 112 valence electrons. The molecule has 2 aromatic rings. The summed E-state index contributed by atoms with van der Waals surface area (Å²) in [7, 11) is 0. The number of carbonyl (C=O) groups excluding carboxylic acids is 1. The van der Waals surface area contributed by atoms with Gasteiger partial charge >= 0.3 is 5.97 Å². The van der Waals surface area contributed by atoms with Crippen molar-refractivity contribution in [1.29, 1.82) is 0 Å². The van der Waals surface area contributed by atoms with Crippen molar-refractivity contribution in [3.05, 3.63) is 40.4 Å². The van der Waals surface area contributed by atoms with E-state index in [1.54, 1.807) is 11.3 Å². The fraction of sp³-hybridized carbons (Fsp3) is 0.412. The lowest BCUT2D eigenvalue weighted by Gasteiger charge is -2.19. The SMILES string of the molecule is CCOC(=O)C(C)(C)c1csc(-c2c(C)cccc2C)n1. The van der Waals surface area contributed by atoms with Crippen LogP contribution in [0.25, 0.3) is 10.6 Å². The molecule has 0 atom stereocenters. The average Bonchev–Trinajstić information content (AvgIpc) is 2.89. The molecule has 1 aromatic heterocycles. The van der Waals surface area contributed by atoms with Crippen molar-refractivity contribution in [2.24, 2.45) is 0 Å². The Hall–Kier alpha value is -1.68. The molecule has 0 aliphatic carbocycles. The lowest BCUT2D eigenvalue weighted by Crippen LogP contribution is -2.31. The van der Waals surface area contributed by atoms with Crippen molar-refractivity contribution in [3.8, 4) is 10.6 Å². The second-order valence-electron chi connectivity index (χ2n) is 5.65. The summed E-state index contributed by atoms with van der Waals surface area (Å²) in [5, 5.41) is 2.91. The lowest BCUT2D eigenvalue weighted by atomic mass is 9.90. The molecule has 1 aromatic carbocycles. The number of hydrogen-bond acceptors (Lipinski definition) is 4. The van der Waals surface area contributed by atoms with Gasteiger partial charge in [0.2, 0.25) is 0 Å². The minimum Gasteiger partial charge on any atom is -0.465 e. The summed E-state index contributed by atoms with van der Waals surface area (Å²) < 4.78 is 5.15. The summed E-state index contributed by atoms with van der Waals surface area (Å²) in [5.74, 6) is -0.233. The molecule has 0 amide bonds. The second kappa shape index (κ2) is 5.98. The molecular formula is C17H21NO2S. The zero-order valence-corrected chi connectivity index (χ0v) is 14.0. The van der Waals surface area contributed by atoms with Crippen LogP contribution in [0.3, 0.4) is 0 Å². The molecule has 0 bridgehead atoms. The van der Waals surface area contributed by atoms with E-state index >= 15 is 0 Å². The average molecular weight is 303 g/mol. The number of rotatable bonds is 4. The maximum absolute atomic E-state index is 12.1. The maximum Gasteiger partial charge on any atom is 0.317 e. The van der Waals surface area contributed by atoms with Crippen LogP contribution in [0.4, 0.5) is 0 Å². The van der Waals surface area contributed by atoms with E-state index in [-0.39, 0.29) is 5.97 Å². The minimum absolute atomic E-state index is 0.233. The molecule has 0 fully saturated rings. The smallest absolute Gasteiger partial charge is 0.317 e. The first-order chi connectivity index (χ1) is 9.87. The van der Waals surface area contributed by atoms with Gasteiger partial charge in [-0.2, -0.15) is 0 Å². The van der Waals surface area contributed by atoms with Crippen molar-refractivity contribution < 1.29 is 9.53 Å². The third-order valence-corrected chi connectivity index (χ3v) is 4.49. The van der Waals surface area contributed by atoms with Crippen LogP contribution in [0.1, 0.15) is 37.6 Å². The number of nitrogens with zero attached hydrogens (tertiary/aromatic N) is 1. The maximum atomic E-state index is 12.1. The quantitative estimate of drug-likeness (QED) is 0.792. The van der Waals surface area contributed by atoms with Crippen LogP contribution in [0.5, 0.6) is 0 Å². The highest BCUT2D eigenvalue weighted by molar-refractivity contribution is 7.13. The molecule has 3 nitrogen and oxygen atoms in total. The molecule has 4 heteroatoms. The number of esters is 1. The van der Waals surface area contributed by atoms with E-state index in [2.05, 4.69) is 26.0 Å². The van der Waals surface area contributed by atoms with Gasteiger partial charge in [-0.25, -0.2) is 4.98 Å². The van der Waals surface area contributed by atoms with Crippen molar-refractivity contribution >= 4 is 17.3 Å². The molecular weight excluding hydrogens is 282 g/mol. The Kier molecular flexibility index (Phi) is 4.47. The topological polar surface area (TPSA) is 39.2 Å². The highest BCUT2D eigenvalue weighted by Crippen LogP contribution is 2.34. The Labute approximate surface area is 130 Å². The van der Waals surface area contributed by atoms with E-state index in [9.17, 15) is 4.79 Å². The summed E-state index contributed by atoms with van der Waals surface area (Å²) in [5.41, 5.74) is 3.60. The molecule has 0 radical (unpaired) electrons. The number of carbonyl (C=O) groups is 1. The van der Waals surface area contributed by atoms with Crippen LogP contribution in [-0.4, -0.2) is 17.6 Å². The molecule has 0 saturated carbocycles. The van der Waals surface area contributed by atoms with Crippen LogP contribution in [0.15, 0.2) is 23.6 Å². The first-order valence-corrected chi connectivity index (χ1v) is 7.95. The fourth-order valence-electron chi connectivity index (χ4n) is 2.24. The number of aromatic nitrogens is 1. The lowest BCUT2D eigenvalue weighted by molar-refractivity contribution is -0.148. The predicted molar refractivity (Wildman–Crippen MR) is 86.7 cm³/mol. The van der Waals surface area contributed by atoms with Gasteiger partial charge in [-0.05, 0) is 45.7 Å². The summed E-state index contributed by atoms with van der Waals surface area (Å²) >= 11 is 1.57. The van der Waals surface area contributed by atoms with E-state index in [0.29, 0.717) is 6.61 Å². The van der Waals surface area contributed by atoms with Gasteiger partial charge in [0.25, 0.3) is 0 Å². The molecule has 2 rings (SSSR count). The Balaban J connectivity index is 2.41. The van der Waals surface area contributed by atoms with Crippen LogP contribution >= 0.6 is 11.3 Å². The number of aryl methyl sites for hydroxylation is 2. The van der Waals surface area contributed by atoms with Crippen molar-refractivity contribution in [2.45, 2.75) is 40.0 Å².